The summed E-state index contributed by atoms with van der Waals surface area (Å²) in [6.07, 6.45) is 13.1. The molecule has 154 valence electrons. The minimum absolute atomic E-state index is 0. The van der Waals surface area contributed by atoms with Crippen LogP contribution in [0.15, 0.2) is 0 Å². The molecule has 27 heavy (non-hydrogen) atoms. The van der Waals surface area contributed by atoms with Crippen LogP contribution in [0.3, 0.4) is 0 Å². The molecule has 5 nitrogen and oxygen atoms in total. The molecule has 0 radical (unpaired) electrons. The molecule has 0 aromatic carbocycles. The lowest BCUT2D eigenvalue weighted by Gasteiger charge is -2.33. The summed E-state index contributed by atoms with van der Waals surface area (Å²) in [7, 11) is 0. The number of nitrogens with zero attached hydrogens (tertiary/aromatic N) is 1. The van der Waals surface area contributed by atoms with Gasteiger partial charge in [-0.25, -0.2) is 0 Å². The summed E-state index contributed by atoms with van der Waals surface area (Å²) in [5.41, 5.74) is 0. The zero-order valence-electron chi connectivity index (χ0n) is 16.5. The molecule has 2 N–H and O–H groups in total. The summed E-state index contributed by atoms with van der Waals surface area (Å²) in [6.45, 7) is 1.82. The zero-order valence-corrected chi connectivity index (χ0v) is 17.3. The molecule has 2 amide bonds. The van der Waals surface area contributed by atoms with E-state index in [9.17, 15) is 9.59 Å². The summed E-state index contributed by atoms with van der Waals surface area (Å²) >= 11 is 0. The van der Waals surface area contributed by atoms with E-state index in [1.165, 1.54) is 38.5 Å². The number of nitrogens with one attached hydrogen (secondary N) is 2. The Labute approximate surface area is 169 Å². The maximum Gasteiger partial charge on any atom is 0.225 e. The van der Waals surface area contributed by atoms with Gasteiger partial charge in [0.15, 0.2) is 0 Å². The first-order valence-electron chi connectivity index (χ1n) is 11.0. The second-order valence-electron chi connectivity index (χ2n) is 9.18. The second kappa shape index (κ2) is 9.60. The average Bonchev–Trinajstić information content (AvgIpc) is 3.24. The van der Waals surface area contributed by atoms with Crippen LogP contribution in [0.4, 0.5) is 0 Å². The first kappa shape index (κ1) is 20.9. The fraction of sp³-hybridized carbons (Fsp3) is 0.905. The van der Waals surface area contributed by atoms with E-state index in [0.29, 0.717) is 30.3 Å². The van der Waals surface area contributed by atoms with Gasteiger partial charge in [-0.15, -0.1) is 12.4 Å². The Balaban J connectivity index is 0.00000210. The third-order valence-electron chi connectivity index (χ3n) is 7.23. The number of rotatable bonds is 4. The van der Waals surface area contributed by atoms with Gasteiger partial charge in [0.2, 0.25) is 11.8 Å². The number of carbonyl (C=O) groups is 2. The SMILES string of the molecule is Cl.O=C(CC1CCCC1)NC1CCC(C(=O)N2CCC3CCC(C2)N3)CC1. The van der Waals surface area contributed by atoms with Gasteiger partial charge in [0, 0.05) is 43.6 Å². The standard InChI is InChI=1S/C21H35N3O2.ClH/c25-20(13-15-3-1-2-4-15)23-17-7-5-16(6-8-17)21(26)24-12-11-18-9-10-19(14-24)22-18;/h15-19,22H,1-14H2,(H,23,25);1H. The predicted octanol–water partition coefficient (Wildman–Crippen LogP) is 3.02. The number of carbonyl (C=O) groups excluding carboxylic acids is 2. The van der Waals surface area contributed by atoms with Gasteiger partial charge in [-0.1, -0.05) is 12.8 Å². The van der Waals surface area contributed by atoms with Gasteiger partial charge in [-0.2, -0.15) is 0 Å². The fourth-order valence-electron chi connectivity index (χ4n) is 5.65. The molecule has 6 heteroatoms. The lowest BCUT2D eigenvalue weighted by Crippen LogP contribution is -2.45. The molecule has 2 aliphatic heterocycles. The van der Waals surface area contributed by atoms with E-state index in [-0.39, 0.29) is 30.3 Å². The van der Waals surface area contributed by atoms with Crippen molar-refractivity contribution < 1.29 is 9.59 Å². The van der Waals surface area contributed by atoms with Crippen LogP contribution in [0.5, 0.6) is 0 Å². The predicted molar refractivity (Wildman–Crippen MR) is 109 cm³/mol. The first-order chi connectivity index (χ1) is 12.7. The fourth-order valence-corrected chi connectivity index (χ4v) is 5.65. The van der Waals surface area contributed by atoms with Gasteiger partial charge in [-0.05, 0) is 63.7 Å². The van der Waals surface area contributed by atoms with E-state index in [1.54, 1.807) is 0 Å². The molecule has 0 spiro atoms. The van der Waals surface area contributed by atoms with Crippen molar-refractivity contribution in [2.75, 3.05) is 13.1 Å². The Morgan fingerprint density at radius 1 is 0.889 bits per heavy atom. The maximum absolute atomic E-state index is 13.0. The van der Waals surface area contributed by atoms with Gasteiger partial charge in [-0.3, -0.25) is 9.59 Å². The van der Waals surface area contributed by atoms with E-state index >= 15 is 0 Å². The van der Waals surface area contributed by atoms with Crippen LogP contribution >= 0.6 is 12.4 Å². The van der Waals surface area contributed by atoms with Gasteiger partial charge in [0.05, 0.1) is 0 Å². The molecular formula is C21H36ClN3O2. The highest BCUT2D eigenvalue weighted by molar-refractivity contribution is 5.85. The largest absolute Gasteiger partial charge is 0.353 e. The molecular weight excluding hydrogens is 362 g/mol. The molecule has 2 saturated heterocycles. The number of fused-ring (bicyclic) bond motifs is 2. The van der Waals surface area contributed by atoms with E-state index in [4.69, 9.17) is 0 Å². The molecule has 4 aliphatic rings. The molecule has 0 aromatic heterocycles. The summed E-state index contributed by atoms with van der Waals surface area (Å²) in [4.78, 5) is 27.3. The normalized spacial score (nSPS) is 34.0. The lowest BCUT2D eigenvalue weighted by atomic mass is 9.84. The third-order valence-corrected chi connectivity index (χ3v) is 7.23. The lowest BCUT2D eigenvalue weighted by molar-refractivity contribution is -0.137. The summed E-state index contributed by atoms with van der Waals surface area (Å²) < 4.78 is 0. The molecule has 2 aliphatic carbocycles. The summed E-state index contributed by atoms with van der Waals surface area (Å²) in [6, 6.07) is 1.43. The first-order valence-corrected chi connectivity index (χ1v) is 11.0. The number of halogens is 1. The van der Waals surface area contributed by atoms with Gasteiger partial charge < -0.3 is 15.5 Å². The van der Waals surface area contributed by atoms with Crippen LogP contribution in [0, 0.1) is 11.8 Å². The van der Waals surface area contributed by atoms with Crippen LogP contribution in [0.1, 0.15) is 77.0 Å². The third kappa shape index (κ3) is 5.38. The summed E-state index contributed by atoms with van der Waals surface area (Å²) in [5, 5.41) is 6.90. The molecule has 2 unspecified atom stereocenters. The van der Waals surface area contributed by atoms with Crippen molar-refractivity contribution in [2.45, 2.75) is 95.2 Å². The van der Waals surface area contributed by atoms with E-state index in [1.807, 2.05) is 0 Å². The Morgan fingerprint density at radius 3 is 2.33 bits per heavy atom. The van der Waals surface area contributed by atoms with Crippen molar-refractivity contribution in [1.82, 2.24) is 15.5 Å². The number of hydrogen-bond acceptors (Lipinski definition) is 3. The Bertz CT molecular complexity index is 516. The highest BCUT2D eigenvalue weighted by Gasteiger charge is 2.35. The maximum atomic E-state index is 13.0. The van der Waals surface area contributed by atoms with Crippen molar-refractivity contribution in [1.29, 1.82) is 0 Å². The number of hydrogen-bond donors (Lipinski definition) is 2. The molecule has 2 atom stereocenters. The highest BCUT2D eigenvalue weighted by Crippen LogP contribution is 2.30. The minimum Gasteiger partial charge on any atom is -0.353 e. The van der Waals surface area contributed by atoms with Gasteiger partial charge in [0.1, 0.15) is 0 Å². The topological polar surface area (TPSA) is 61.4 Å². The Hall–Kier alpha value is -0.810. The smallest absolute Gasteiger partial charge is 0.225 e. The molecule has 2 bridgehead atoms. The Kier molecular flexibility index (Phi) is 7.43. The van der Waals surface area contributed by atoms with Gasteiger partial charge in [0.25, 0.3) is 0 Å². The monoisotopic (exact) mass is 397 g/mol. The van der Waals surface area contributed by atoms with Crippen molar-refractivity contribution in [3.8, 4) is 0 Å². The van der Waals surface area contributed by atoms with Crippen LogP contribution in [0.25, 0.3) is 0 Å². The quantitative estimate of drug-likeness (QED) is 0.766. The average molecular weight is 398 g/mol. The van der Waals surface area contributed by atoms with Crippen LogP contribution in [-0.2, 0) is 9.59 Å². The Morgan fingerprint density at radius 2 is 1.59 bits per heavy atom. The zero-order chi connectivity index (χ0) is 17.9. The number of amides is 2. The number of likely N-dealkylation sites (tertiary alicyclic amines) is 1. The van der Waals surface area contributed by atoms with Crippen molar-refractivity contribution in [2.24, 2.45) is 11.8 Å². The molecule has 2 saturated carbocycles. The second-order valence-corrected chi connectivity index (χ2v) is 9.18. The van der Waals surface area contributed by atoms with Crippen LogP contribution in [0.2, 0.25) is 0 Å². The summed E-state index contributed by atoms with van der Waals surface area (Å²) in [5.74, 6) is 1.39. The van der Waals surface area contributed by atoms with E-state index in [2.05, 4.69) is 15.5 Å². The van der Waals surface area contributed by atoms with Crippen molar-refractivity contribution in [3.05, 3.63) is 0 Å². The molecule has 4 fully saturated rings. The van der Waals surface area contributed by atoms with Crippen molar-refractivity contribution >= 4 is 24.2 Å². The molecule has 4 rings (SSSR count). The van der Waals surface area contributed by atoms with E-state index < -0.39 is 0 Å². The van der Waals surface area contributed by atoms with Crippen LogP contribution in [-0.4, -0.2) is 47.9 Å². The van der Waals surface area contributed by atoms with Crippen molar-refractivity contribution in [3.63, 3.8) is 0 Å². The minimum atomic E-state index is 0. The molecule has 0 aromatic rings. The van der Waals surface area contributed by atoms with Crippen LogP contribution < -0.4 is 10.6 Å². The highest BCUT2D eigenvalue weighted by atomic mass is 35.5. The van der Waals surface area contributed by atoms with E-state index in [0.717, 1.165) is 45.2 Å². The molecule has 2 heterocycles. The van der Waals surface area contributed by atoms with Gasteiger partial charge >= 0.3 is 0 Å².